The highest BCUT2D eigenvalue weighted by molar-refractivity contribution is 6.55. The maximum atomic E-state index is 5.29. The molecule has 0 saturated heterocycles. The average molecular weight is 169 g/mol. The molecular formula is C6H10Cl2O. The smallest absolute Gasteiger partial charge is 0.141 e. The van der Waals surface area contributed by atoms with E-state index in [1.807, 2.05) is 20.8 Å². The van der Waals surface area contributed by atoms with Crippen LogP contribution in [0, 0.1) is 0 Å². The van der Waals surface area contributed by atoms with Gasteiger partial charge < -0.3 is 4.74 Å². The Balaban J connectivity index is 3.64. The molecular weight excluding hydrogens is 159 g/mol. The van der Waals surface area contributed by atoms with E-state index in [4.69, 9.17) is 27.9 Å². The Hall–Kier alpha value is 0.120. The lowest BCUT2D eigenvalue weighted by Crippen LogP contribution is -2.15. The highest BCUT2D eigenvalue weighted by Gasteiger charge is 2.07. The van der Waals surface area contributed by atoms with Crippen LogP contribution < -0.4 is 0 Å². The fourth-order valence-corrected chi connectivity index (χ4v) is 0.310. The Kier molecular flexibility index (Phi) is 3.37. The summed E-state index contributed by atoms with van der Waals surface area (Å²) >= 11 is 10.6. The van der Waals surface area contributed by atoms with Crippen molar-refractivity contribution in [1.82, 2.24) is 0 Å². The maximum Gasteiger partial charge on any atom is 0.141 e. The van der Waals surface area contributed by atoms with Gasteiger partial charge in [0.25, 0.3) is 0 Å². The maximum absolute atomic E-state index is 5.29. The molecule has 0 radical (unpaired) electrons. The molecule has 3 heteroatoms. The standard InChI is InChI=1S/C6H10Cl2O/c1-6(2,3)9-4-5(7)8/h4H,1-3H3. The average Bonchev–Trinajstić information content (AvgIpc) is 1.59. The van der Waals surface area contributed by atoms with Gasteiger partial charge in [0, 0.05) is 0 Å². The molecule has 0 saturated carbocycles. The Bertz CT molecular complexity index is 109. The van der Waals surface area contributed by atoms with Gasteiger partial charge in [0.15, 0.2) is 0 Å². The topological polar surface area (TPSA) is 9.23 Å². The fourth-order valence-electron chi connectivity index (χ4n) is 0.221. The van der Waals surface area contributed by atoms with Crippen LogP contribution in [0.2, 0.25) is 0 Å². The second kappa shape index (κ2) is 3.33. The molecule has 0 rings (SSSR count). The molecule has 1 nitrogen and oxygen atoms in total. The summed E-state index contributed by atoms with van der Waals surface area (Å²) in [7, 11) is 0. The molecule has 0 atom stereocenters. The second-order valence-electron chi connectivity index (χ2n) is 2.64. The molecule has 0 aliphatic heterocycles. The van der Waals surface area contributed by atoms with Gasteiger partial charge in [-0.2, -0.15) is 0 Å². The molecule has 0 amide bonds. The summed E-state index contributed by atoms with van der Waals surface area (Å²) in [5.41, 5.74) is -0.213. The van der Waals surface area contributed by atoms with Crippen molar-refractivity contribution in [3.63, 3.8) is 0 Å². The molecule has 0 aromatic rings. The van der Waals surface area contributed by atoms with Crippen LogP contribution in [0.3, 0.4) is 0 Å². The first-order valence-electron chi connectivity index (χ1n) is 2.61. The minimum absolute atomic E-state index is 0.143. The van der Waals surface area contributed by atoms with Gasteiger partial charge in [-0.15, -0.1) is 0 Å². The third-order valence-corrected chi connectivity index (χ3v) is 0.680. The van der Waals surface area contributed by atoms with Crippen LogP contribution in [0.25, 0.3) is 0 Å². The van der Waals surface area contributed by atoms with E-state index in [1.54, 1.807) is 0 Å². The van der Waals surface area contributed by atoms with Crippen LogP contribution in [-0.2, 0) is 4.74 Å². The Labute approximate surface area is 65.6 Å². The molecule has 0 heterocycles. The summed E-state index contributed by atoms with van der Waals surface area (Å²) in [5.74, 6) is 0. The first kappa shape index (κ1) is 9.12. The third-order valence-electron chi connectivity index (χ3n) is 0.502. The van der Waals surface area contributed by atoms with Crippen molar-refractivity contribution in [3.8, 4) is 0 Å². The zero-order valence-corrected chi connectivity index (χ0v) is 7.25. The van der Waals surface area contributed by atoms with E-state index in [-0.39, 0.29) is 10.1 Å². The summed E-state index contributed by atoms with van der Waals surface area (Å²) in [6.07, 6.45) is 1.32. The number of hydrogen-bond acceptors (Lipinski definition) is 1. The Morgan fingerprint density at radius 2 is 1.78 bits per heavy atom. The normalized spacial score (nSPS) is 10.8. The predicted molar refractivity (Wildman–Crippen MR) is 40.6 cm³/mol. The third kappa shape index (κ3) is 8.12. The molecule has 0 aliphatic rings. The zero-order chi connectivity index (χ0) is 7.49. The number of ether oxygens (including phenoxy) is 1. The highest BCUT2D eigenvalue weighted by Crippen LogP contribution is 2.12. The monoisotopic (exact) mass is 168 g/mol. The van der Waals surface area contributed by atoms with Crippen LogP contribution in [0.1, 0.15) is 20.8 Å². The Morgan fingerprint density at radius 1 is 1.33 bits per heavy atom. The van der Waals surface area contributed by atoms with Gasteiger partial charge >= 0.3 is 0 Å². The molecule has 0 unspecified atom stereocenters. The van der Waals surface area contributed by atoms with Crippen molar-refractivity contribution in [2.75, 3.05) is 0 Å². The van der Waals surface area contributed by atoms with Crippen molar-refractivity contribution in [3.05, 3.63) is 10.8 Å². The van der Waals surface area contributed by atoms with Crippen LogP contribution >= 0.6 is 23.2 Å². The van der Waals surface area contributed by atoms with Crippen molar-refractivity contribution < 1.29 is 4.74 Å². The van der Waals surface area contributed by atoms with Gasteiger partial charge in [0.05, 0.1) is 5.60 Å². The van der Waals surface area contributed by atoms with Gasteiger partial charge in [0.1, 0.15) is 10.8 Å². The number of rotatable bonds is 1. The molecule has 9 heavy (non-hydrogen) atoms. The minimum atomic E-state index is -0.213. The van der Waals surface area contributed by atoms with E-state index in [0.29, 0.717) is 0 Å². The molecule has 0 aromatic carbocycles. The van der Waals surface area contributed by atoms with Crippen molar-refractivity contribution in [1.29, 1.82) is 0 Å². The summed E-state index contributed by atoms with van der Waals surface area (Å²) in [6, 6.07) is 0. The number of hydrogen-bond donors (Lipinski definition) is 0. The molecule has 0 fully saturated rings. The largest absolute Gasteiger partial charge is 0.493 e. The van der Waals surface area contributed by atoms with Crippen LogP contribution in [0.4, 0.5) is 0 Å². The van der Waals surface area contributed by atoms with Gasteiger partial charge in [-0.1, -0.05) is 23.2 Å². The molecule has 0 N–H and O–H groups in total. The van der Waals surface area contributed by atoms with Gasteiger partial charge in [-0.25, -0.2) is 0 Å². The van der Waals surface area contributed by atoms with Crippen LogP contribution in [-0.4, -0.2) is 5.60 Å². The fraction of sp³-hybridized carbons (Fsp3) is 0.667. The van der Waals surface area contributed by atoms with E-state index in [9.17, 15) is 0 Å². The second-order valence-corrected chi connectivity index (χ2v) is 3.65. The van der Waals surface area contributed by atoms with E-state index < -0.39 is 0 Å². The van der Waals surface area contributed by atoms with Crippen molar-refractivity contribution in [2.45, 2.75) is 26.4 Å². The lowest BCUT2D eigenvalue weighted by molar-refractivity contribution is 0.0766. The molecule has 0 aliphatic carbocycles. The van der Waals surface area contributed by atoms with Crippen LogP contribution in [0.5, 0.6) is 0 Å². The lowest BCUT2D eigenvalue weighted by Gasteiger charge is -2.17. The van der Waals surface area contributed by atoms with Gasteiger partial charge in [-0.05, 0) is 20.8 Å². The molecule has 0 aromatic heterocycles. The van der Waals surface area contributed by atoms with Gasteiger partial charge in [-0.3, -0.25) is 0 Å². The summed E-state index contributed by atoms with van der Waals surface area (Å²) in [6.45, 7) is 5.75. The number of halogens is 2. The molecule has 54 valence electrons. The first-order valence-corrected chi connectivity index (χ1v) is 3.36. The molecule has 0 spiro atoms. The minimum Gasteiger partial charge on any atom is -0.493 e. The first-order chi connectivity index (χ1) is 3.92. The van der Waals surface area contributed by atoms with Crippen molar-refractivity contribution >= 4 is 23.2 Å². The van der Waals surface area contributed by atoms with Crippen LogP contribution in [0.15, 0.2) is 10.8 Å². The summed E-state index contributed by atoms with van der Waals surface area (Å²) in [5, 5.41) is 0. The molecule has 0 bridgehead atoms. The van der Waals surface area contributed by atoms with Gasteiger partial charge in [0.2, 0.25) is 0 Å². The summed E-state index contributed by atoms with van der Waals surface area (Å²) in [4.78, 5) is 0. The SMILES string of the molecule is CC(C)(C)OC=C(Cl)Cl. The van der Waals surface area contributed by atoms with E-state index in [2.05, 4.69) is 0 Å². The van der Waals surface area contributed by atoms with E-state index in [0.717, 1.165) is 0 Å². The quantitative estimate of drug-likeness (QED) is 0.548. The zero-order valence-electron chi connectivity index (χ0n) is 5.74. The predicted octanol–water partition coefficient (Wildman–Crippen LogP) is 3.08. The van der Waals surface area contributed by atoms with Crippen molar-refractivity contribution in [2.24, 2.45) is 0 Å². The Morgan fingerprint density at radius 3 is 1.89 bits per heavy atom. The van der Waals surface area contributed by atoms with E-state index in [1.165, 1.54) is 6.26 Å². The lowest BCUT2D eigenvalue weighted by atomic mass is 10.2. The summed E-state index contributed by atoms with van der Waals surface area (Å²) < 4.78 is 5.21. The van der Waals surface area contributed by atoms with E-state index >= 15 is 0 Å². The highest BCUT2D eigenvalue weighted by atomic mass is 35.5.